The van der Waals surface area contributed by atoms with Crippen LogP contribution in [0.15, 0.2) is 27.3 Å². The molecule has 8 heteroatoms. The number of pyridine rings is 1. The predicted octanol–water partition coefficient (Wildman–Crippen LogP) is 3.57. The number of aromatic nitrogens is 1. The van der Waals surface area contributed by atoms with Gasteiger partial charge in [0.05, 0.1) is 14.9 Å². The van der Waals surface area contributed by atoms with Gasteiger partial charge in [-0.05, 0) is 44.0 Å². The van der Waals surface area contributed by atoms with Gasteiger partial charge in [-0.15, -0.1) is 0 Å². The second-order valence-corrected chi connectivity index (χ2v) is 5.11. The number of hydrogen-bond acceptors (Lipinski definition) is 5. The molecule has 0 atom stereocenters. The Labute approximate surface area is 124 Å². The van der Waals surface area contributed by atoms with E-state index in [9.17, 15) is 10.1 Å². The Hall–Kier alpha value is -1.72. The van der Waals surface area contributed by atoms with E-state index >= 15 is 0 Å². The highest BCUT2D eigenvalue weighted by atomic mass is 79.9. The van der Waals surface area contributed by atoms with Crippen LogP contribution in [-0.2, 0) is 0 Å². The van der Waals surface area contributed by atoms with Crippen molar-refractivity contribution >= 4 is 48.5 Å². The van der Waals surface area contributed by atoms with Crippen molar-refractivity contribution in [3.05, 3.63) is 37.4 Å². The zero-order valence-electron chi connectivity index (χ0n) is 9.26. The Kier molecular flexibility index (Phi) is 3.97. The molecule has 2 aromatic rings. The van der Waals surface area contributed by atoms with Crippen LogP contribution < -0.4 is 4.74 Å². The molecule has 0 radical (unpaired) electrons. The predicted molar refractivity (Wildman–Crippen MR) is 74.9 cm³/mol. The standard InChI is InChI=1S/C11H5Br2N3O3/c12-7-4-8-6(3-10(7)19-2-1-14)11(13)9(5-15-8)16(17)18/h3-5H,2H2. The maximum absolute atomic E-state index is 10.8. The monoisotopic (exact) mass is 385 g/mol. The molecule has 0 N–H and O–H groups in total. The van der Waals surface area contributed by atoms with E-state index in [1.807, 2.05) is 6.07 Å². The Morgan fingerprint density at radius 1 is 1.47 bits per heavy atom. The van der Waals surface area contributed by atoms with E-state index in [4.69, 9.17) is 10.00 Å². The first kappa shape index (κ1) is 13.7. The number of nitriles is 1. The van der Waals surface area contributed by atoms with Gasteiger partial charge >= 0.3 is 5.69 Å². The summed E-state index contributed by atoms with van der Waals surface area (Å²) < 4.78 is 6.18. The summed E-state index contributed by atoms with van der Waals surface area (Å²) >= 11 is 6.49. The van der Waals surface area contributed by atoms with Gasteiger partial charge in [-0.25, -0.2) is 4.98 Å². The van der Waals surface area contributed by atoms with E-state index in [1.165, 1.54) is 6.20 Å². The highest BCUT2D eigenvalue weighted by Crippen LogP contribution is 2.36. The Morgan fingerprint density at radius 3 is 2.84 bits per heavy atom. The SMILES string of the molecule is N#CCOc1cc2c(Br)c([N+](=O)[O-])cnc2cc1Br. The van der Waals surface area contributed by atoms with Crippen molar-refractivity contribution < 1.29 is 9.66 Å². The molecule has 0 bridgehead atoms. The molecule has 1 aromatic heterocycles. The number of rotatable bonds is 3. The Bertz CT molecular complexity index is 712. The molecular weight excluding hydrogens is 382 g/mol. The molecule has 0 spiro atoms. The van der Waals surface area contributed by atoms with E-state index in [-0.39, 0.29) is 12.3 Å². The first-order valence-corrected chi connectivity index (χ1v) is 6.55. The normalized spacial score (nSPS) is 10.2. The van der Waals surface area contributed by atoms with Gasteiger partial charge in [-0.1, -0.05) is 0 Å². The highest BCUT2D eigenvalue weighted by molar-refractivity contribution is 9.11. The topological polar surface area (TPSA) is 89.0 Å². The molecule has 0 aliphatic carbocycles. The molecule has 1 heterocycles. The van der Waals surface area contributed by atoms with Gasteiger partial charge < -0.3 is 4.74 Å². The van der Waals surface area contributed by atoms with Crippen molar-refractivity contribution in [1.29, 1.82) is 5.26 Å². The summed E-state index contributed by atoms with van der Waals surface area (Å²) in [6.07, 6.45) is 1.19. The number of hydrogen-bond donors (Lipinski definition) is 0. The van der Waals surface area contributed by atoms with Crippen LogP contribution >= 0.6 is 31.9 Å². The lowest BCUT2D eigenvalue weighted by Crippen LogP contribution is -1.96. The molecule has 0 unspecified atom stereocenters. The fourth-order valence-corrected chi connectivity index (χ4v) is 2.51. The molecule has 2 rings (SSSR count). The number of fused-ring (bicyclic) bond motifs is 1. The second kappa shape index (κ2) is 5.50. The molecule has 0 fully saturated rings. The van der Waals surface area contributed by atoms with Crippen LogP contribution in [0.3, 0.4) is 0 Å². The molecule has 0 aliphatic rings. The minimum absolute atomic E-state index is 0.107. The summed E-state index contributed by atoms with van der Waals surface area (Å²) in [6, 6.07) is 5.13. The van der Waals surface area contributed by atoms with Gasteiger partial charge in [0.2, 0.25) is 0 Å². The zero-order chi connectivity index (χ0) is 14.0. The van der Waals surface area contributed by atoms with Crippen molar-refractivity contribution in [1.82, 2.24) is 4.98 Å². The third kappa shape index (κ3) is 2.67. The summed E-state index contributed by atoms with van der Waals surface area (Å²) in [6.45, 7) is -0.107. The van der Waals surface area contributed by atoms with Crippen LogP contribution in [0.5, 0.6) is 5.75 Å². The van der Waals surface area contributed by atoms with Crippen molar-refractivity contribution in [3.63, 3.8) is 0 Å². The summed E-state index contributed by atoms with van der Waals surface area (Å²) in [7, 11) is 0. The van der Waals surface area contributed by atoms with Gasteiger partial charge in [-0.3, -0.25) is 10.1 Å². The van der Waals surface area contributed by atoms with Crippen molar-refractivity contribution in [2.75, 3.05) is 6.61 Å². The Morgan fingerprint density at radius 2 is 2.21 bits per heavy atom. The van der Waals surface area contributed by atoms with Gasteiger partial charge in [0.1, 0.15) is 22.5 Å². The molecule has 0 saturated heterocycles. The number of nitro groups is 1. The van der Waals surface area contributed by atoms with Crippen LogP contribution in [0.2, 0.25) is 0 Å². The number of ether oxygens (including phenoxy) is 1. The lowest BCUT2D eigenvalue weighted by molar-refractivity contribution is -0.385. The molecule has 6 nitrogen and oxygen atoms in total. The van der Waals surface area contributed by atoms with Gasteiger partial charge in [0, 0.05) is 5.39 Å². The smallest absolute Gasteiger partial charge is 0.302 e. The van der Waals surface area contributed by atoms with E-state index in [1.54, 1.807) is 12.1 Å². The largest absolute Gasteiger partial charge is 0.478 e. The first-order chi connectivity index (χ1) is 9.04. The molecule has 1 aromatic carbocycles. The van der Waals surface area contributed by atoms with Crippen molar-refractivity contribution in [3.8, 4) is 11.8 Å². The van der Waals surface area contributed by atoms with E-state index in [2.05, 4.69) is 36.8 Å². The van der Waals surface area contributed by atoms with Crippen LogP contribution in [0.1, 0.15) is 0 Å². The van der Waals surface area contributed by atoms with Gasteiger partial charge in [-0.2, -0.15) is 5.26 Å². The molecule has 0 amide bonds. The van der Waals surface area contributed by atoms with Gasteiger partial charge in [0.15, 0.2) is 6.61 Å². The minimum atomic E-state index is -0.519. The van der Waals surface area contributed by atoms with Crippen molar-refractivity contribution in [2.24, 2.45) is 0 Å². The summed E-state index contributed by atoms with van der Waals surface area (Å²) in [5.41, 5.74) is 0.453. The van der Waals surface area contributed by atoms with E-state index in [0.29, 0.717) is 25.6 Å². The van der Waals surface area contributed by atoms with Crippen LogP contribution in [0, 0.1) is 21.4 Å². The Balaban J connectivity index is 2.64. The maximum Gasteiger partial charge on any atom is 0.302 e. The van der Waals surface area contributed by atoms with Crippen molar-refractivity contribution in [2.45, 2.75) is 0 Å². The molecular formula is C11H5Br2N3O3. The third-order valence-corrected chi connectivity index (χ3v) is 3.78. The molecule has 19 heavy (non-hydrogen) atoms. The van der Waals surface area contributed by atoms with Crippen LogP contribution in [0.4, 0.5) is 5.69 Å². The number of benzene rings is 1. The first-order valence-electron chi connectivity index (χ1n) is 4.96. The van der Waals surface area contributed by atoms with Gasteiger partial charge in [0.25, 0.3) is 0 Å². The number of nitrogens with zero attached hydrogens (tertiary/aromatic N) is 3. The average molecular weight is 387 g/mol. The lowest BCUT2D eigenvalue weighted by Gasteiger charge is -2.07. The maximum atomic E-state index is 10.8. The summed E-state index contributed by atoms with van der Waals surface area (Å²) in [5, 5.41) is 19.9. The second-order valence-electron chi connectivity index (χ2n) is 3.46. The van der Waals surface area contributed by atoms with E-state index in [0.717, 1.165) is 0 Å². The fourth-order valence-electron chi connectivity index (χ4n) is 1.50. The minimum Gasteiger partial charge on any atom is -0.478 e. The quantitative estimate of drug-likeness (QED) is 0.594. The zero-order valence-corrected chi connectivity index (χ0v) is 12.4. The molecule has 96 valence electrons. The average Bonchev–Trinajstić information content (AvgIpc) is 2.36. The van der Waals surface area contributed by atoms with Crippen LogP contribution in [0.25, 0.3) is 10.9 Å². The van der Waals surface area contributed by atoms with E-state index < -0.39 is 4.92 Å². The number of halogens is 2. The summed E-state index contributed by atoms with van der Waals surface area (Å²) in [5.74, 6) is 0.428. The highest BCUT2D eigenvalue weighted by Gasteiger charge is 2.17. The fraction of sp³-hybridized carbons (Fsp3) is 0.0909. The van der Waals surface area contributed by atoms with Crippen LogP contribution in [-0.4, -0.2) is 16.5 Å². The molecule has 0 aliphatic heterocycles. The molecule has 0 saturated carbocycles. The lowest BCUT2D eigenvalue weighted by atomic mass is 10.2. The third-order valence-electron chi connectivity index (χ3n) is 2.33. The summed E-state index contributed by atoms with van der Waals surface area (Å²) in [4.78, 5) is 14.3.